The average molecular weight is 644 g/mol. The van der Waals surface area contributed by atoms with Gasteiger partial charge in [-0.2, -0.15) is 26.3 Å². The Morgan fingerprint density at radius 1 is 0.909 bits per heavy atom. The molecule has 2 aromatic carbocycles. The van der Waals surface area contributed by atoms with Crippen molar-refractivity contribution in [3.8, 4) is 11.5 Å². The normalized spacial score (nSPS) is 16.2. The summed E-state index contributed by atoms with van der Waals surface area (Å²) in [7, 11) is 0. The van der Waals surface area contributed by atoms with Crippen LogP contribution in [0.1, 0.15) is 34.4 Å². The van der Waals surface area contributed by atoms with Crippen LogP contribution in [0, 0.1) is 0 Å². The first kappa shape index (κ1) is 31.4. The number of ether oxygens (including phenoxy) is 3. The van der Waals surface area contributed by atoms with E-state index in [2.05, 4.69) is 5.32 Å². The van der Waals surface area contributed by atoms with E-state index in [4.69, 9.17) is 14.2 Å². The zero-order valence-electron chi connectivity index (χ0n) is 23.0. The smallest absolute Gasteiger partial charge is 0.416 e. The number of alkyl halides is 6. The molecule has 3 amide bonds. The number of anilines is 1. The van der Waals surface area contributed by atoms with Crippen LogP contribution in [0.25, 0.3) is 0 Å². The third-order valence-corrected chi connectivity index (χ3v) is 7.85. The third kappa shape index (κ3) is 7.94. The molecule has 15 heteroatoms. The summed E-state index contributed by atoms with van der Waals surface area (Å²) in [4.78, 5) is 30.5. The lowest BCUT2D eigenvalue weighted by Gasteiger charge is -2.29. The van der Waals surface area contributed by atoms with Crippen molar-refractivity contribution in [3.05, 3.63) is 75.5 Å². The molecule has 0 radical (unpaired) electrons. The average Bonchev–Trinajstić information content (AvgIpc) is 3.74. The van der Waals surface area contributed by atoms with Gasteiger partial charge in [-0.1, -0.05) is 12.1 Å². The molecule has 0 aliphatic carbocycles. The zero-order valence-corrected chi connectivity index (χ0v) is 23.9. The molecule has 1 atom stereocenters. The van der Waals surface area contributed by atoms with Gasteiger partial charge in [0.1, 0.15) is 6.54 Å². The van der Waals surface area contributed by atoms with Crippen LogP contribution < -0.4 is 14.8 Å². The Morgan fingerprint density at radius 3 is 2.27 bits per heavy atom. The Balaban J connectivity index is 1.38. The highest BCUT2D eigenvalue weighted by molar-refractivity contribution is 7.09. The van der Waals surface area contributed by atoms with Gasteiger partial charge in [0.25, 0.3) is 0 Å². The van der Waals surface area contributed by atoms with Gasteiger partial charge >= 0.3 is 18.4 Å². The maximum Gasteiger partial charge on any atom is 0.416 e. The second-order valence-corrected chi connectivity index (χ2v) is 11.3. The molecule has 8 nitrogen and oxygen atoms in total. The molecule has 44 heavy (non-hydrogen) atoms. The second-order valence-electron chi connectivity index (χ2n) is 10.3. The van der Waals surface area contributed by atoms with Gasteiger partial charge in [0.15, 0.2) is 11.5 Å². The van der Waals surface area contributed by atoms with Crippen LogP contribution in [0.15, 0.2) is 53.9 Å². The predicted molar refractivity (Wildman–Crippen MR) is 147 cm³/mol. The number of nitrogens with zero attached hydrogens (tertiary/aromatic N) is 2. The Labute approximate surface area is 252 Å². The number of urea groups is 1. The number of halogens is 6. The molecule has 3 aromatic rings. The lowest BCUT2D eigenvalue weighted by atomic mass is 10.1. The van der Waals surface area contributed by atoms with Crippen molar-refractivity contribution in [2.45, 2.75) is 44.4 Å². The molecular weight excluding hydrogens is 616 g/mol. The minimum Gasteiger partial charge on any atom is -0.454 e. The van der Waals surface area contributed by atoms with Crippen molar-refractivity contribution in [2.75, 3.05) is 31.8 Å². The molecule has 236 valence electrons. The number of benzene rings is 2. The summed E-state index contributed by atoms with van der Waals surface area (Å²) >= 11 is 1.42. The van der Waals surface area contributed by atoms with Gasteiger partial charge in [0, 0.05) is 30.3 Å². The second kappa shape index (κ2) is 12.9. The van der Waals surface area contributed by atoms with Gasteiger partial charge in [0.2, 0.25) is 12.7 Å². The number of nitrogens with one attached hydrogen (secondary N) is 1. The molecule has 0 saturated carbocycles. The monoisotopic (exact) mass is 643 g/mol. The highest BCUT2D eigenvalue weighted by Gasteiger charge is 2.37. The van der Waals surface area contributed by atoms with E-state index in [1.165, 1.54) is 16.2 Å². The van der Waals surface area contributed by atoms with Crippen LogP contribution in [0.5, 0.6) is 11.5 Å². The van der Waals surface area contributed by atoms with E-state index < -0.39 is 53.8 Å². The molecule has 0 spiro atoms. The summed E-state index contributed by atoms with van der Waals surface area (Å²) in [6.07, 6.45) is -9.38. The molecule has 0 bridgehead atoms. The summed E-state index contributed by atoms with van der Waals surface area (Å²) in [5.41, 5.74) is -3.14. The molecule has 1 saturated heterocycles. The maximum atomic E-state index is 13.7. The number of carbonyl (C=O) groups is 2. The van der Waals surface area contributed by atoms with Gasteiger partial charge in [-0.05, 0) is 60.2 Å². The molecule has 5 rings (SSSR count). The highest BCUT2D eigenvalue weighted by atomic mass is 32.1. The van der Waals surface area contributed by atoms with Gasteiger partial charge in [-0.25, -0.2) is 4.79 Å². The minimum atomic E-state index is -5.09. The summed E-state index contributed by atoms with van der Waals surface area (Å²) < 4.78 is 96.8. The summed E-state index contributed by atoms with van der Waals surface area (Å²) in [5.74, 6) is 0.585. The van der Waals surface area contributed by atoms with E-state index in [-0.39, 0.29) is 32.5 Å². The van der Waals surface area contributed by atoms with E-state index >= 15 is 0 Å². The number of carbonyl (C=O) groups excluding carboxylic acids is 2. The van der Waals surface area contributed by atoms with E-state index in [9.17, 15) is 35.9 Å². The SMILES string of the molecule is O=C(CN(CC1CCCO1)C(=O)Nc1cc(C(F)(F)F)cc(C(F)(F)F)c1)N(Cc1ccc2c(c1)OCO2)Cc1cccs1. The Hall–Kier alpha value is -3.98. The molecule has 3 heterocycles. The van der Waals surface area contributed by atoms with Crippen LogP contribution in [-0.4, -0.2) is 54.3 Å². The summed E-state index contributed by atoms with van der Waals surface area (Å²) in [6.45, 7) is 0.214. The largest absolute Gasteiger partial charge is 0.454 e. The third-order valence-electron chi connectivity index (χ3n) is 6.99. The van der Waals surface area contributed by atoms with Crippen LogP contribution in [0.3, 0.4) is 0 Å². The minimum absolute atomic E-state index is 0.0259. The van der Waals surface area contributed by atoms with E-state index in [1.807, 2.05) is 17.5 Å². The first-order chi connectivity index (χ1) is 20.8. The van der Waals surface area contributed by atoms with Crippen molar-refractivity contribution in [1.82, 2.24) is 9.80 Å². The van der Waals surface area contributed by atoms with E-state index in [0.717, 1.165) is 15.3 Å². The molecule has 1 N–H and O–H groups in total. The molecule has 1 unspecified atom stereocenters. The van der Waals surface area contributed by atoms with Crippen molar-refractivity contribution >= 4 is 29.0 Å². The first-order valence-electron chi connectivity index (χ1n) is 13.5. The fourth-order valence-corrected chi connectivity index (χ4v) is 5.55. The Morgan fingerprint density at radius 2 is 1.64 bits per heavy atom. The fourth-order valence-electron chi connectivity index (χ4n) is 4.83. The van der Waals surface area contributed by atoms with Crippen LogP contribution >= 0.6 is 11.3 Å². The topological polar surface area (TPSA) is 80.3 Å². The number of hydrogen-bond acceptors (Lipinski definition) is 6. The quantitative estimate of drug-likeness (QED) is 0.261. The molecular formula is C29H27F6N3O5S. The van der Waals surface area contributed by atoms with E-state index in [1.54, 1.807) is 18.2 Å². The molecule has 1 aromatic heterocycles. The Kier molecular flexibility index (Phi) is 9.25. The standard InChI is InChI=1S/C29H27F6N3O5S/c30-28(31,32)19-10-20(29(33,34)35)12-21(11-19)36-27(40)38(14-22-3-1-7-41-22)16-26(39)37(15-23-4-2-8-44-23)13-18-5-6-24-25(9-18)43-17-42-24/h2,4-6,8-12,22H,1,3,7,13-17H2,(H,36,40). The summed E-state index contributed by atoms with van der Waals surface area (Å²) in [5, 5.41) is 3.99. The predicted octanol–water partition coefficient (Wildman–Crippen LogP) is 6.76. The zero-order chi connectivity index (χ0) is 31.5. The number of amides is 3. The lowest BCUT2D eigenvalue weighted by Crippen LogP contribution is -2.46. The molecule has 1 fully saturated rings. The molecule has 2 aliphatic heterocycles. The first-order valence-corrected chi connectivity index (χ1v) is 14.4. The van der Waals surface area contributed by atoms with E-state index in [0.29, 0.717) is 43.1 Å². The van der Waals surface area contributed by atoms with Crippen LogP contribution in [0.4, 0.5) is 36.8 Å². The van der Waals surface area contributed by atoms with Gasteiger partial charge < -0.3 is 29.3 Å². The number of rotatable bonds is 9. The number of hydrogen-bond donors (Lipinski definition) is 1. The fraction of sp³-hybridized carbons (Fsp3) is 0.379. The van der Waals surface area contributed by atoms with Gasteiger partial charge in [-0.3, -0.25) is 4.79 Å². The number of fused-ring (bicyclic) bond motifs is 1. The lowest BCUT2D eigenvalue weighted by molar-refractivity contribution is -0.143. The molecule has 2 aliphatic rings. The van der Waals surface area contributed by atoms with Crippen molar-refractivity contribution < 1.29 is 50.1 Å². The Bertz CT molecular complexity index is 1440. The highest BCUT2D eigenvalue weighted by Crippen LogP contribution is 2.38. The van der Waals surface area contributed by atoms with Crippen molar-refractivity contribution in [1.29, 1.82) is 0 Å². The number of thiophene rings is 1. The van der Waals surface area contributed by atoms with Crippen LogP contribution in [0.2, 0.25) is 0 Å². The summed E-state index contributed by atoms with van der Waals surface area (Å²) in [6, 6.07) is 8.65. The van der Waals surface area contributed by atoms with Gasteiger partial charge in [0.05, 0.1) is 23.8 Å². The van der Waals surface area contributed by atoms with Crippen LogP contribution in [-0.2, 0) is 35.0 Å². The maximum absolute atomic E-state index is 13.7. The van der Waals surface area contributed by atoms with Gasteiger partial charge in [-0.15, -0.1) is 11.3 Å². The van der Waals surface area contributed by atoms with Crippen molar-refractivity contribution in [2.24, 2.45) is 0 Å². The van der Waals surface area contributed by atoms with Crippen molar-refractivity contribution in [3.63, 3.8) is 0 Å².